The lowest BCUT2D eigenvalue weighted by atomic mass is 9.81. The molecule has 1 aliphatic carbocycles. The van der Waals surface area contributed by atoms with E-state index in [9.17, 15) is 0 Å². The van der Waals surface area contributed by atoms with Crippen molar-refractivity contribution in [3.8, 4) is 44.8 Å². The van der Waals surface area contributed by atoms with E-state index in [4.69, 9.17) is 0 Å². The van der Waals surface area contributed by atoms with Gasteiger partial charge in [-0.05, 0) is 111 Å². The number of rotatable bonds is 4. The van der Waals surface area contributed by atoms with E-state index < -0.39 is 0 Å². The molecule has 2 nitrogen and oxygen atoms in total. The van der Waals surface area contributed by atoms with Crippen LogP contribution in [-0.4, -0.2) is 9.13 Å². The Morgan fingerprint density at radius 3 is 1.53 bits per heavy atom. The summed E-state index contributed by atoms with van der Waals surface area (Å²) in [5.41, 5.74) is 17.5. The maximum Gasteiger partial charge on any atom is 0.0544 e. The van der Waals surface area contributed by atoms with Crippen LogP contribution in [0, 0.1) is 0 Å². The number of para-hydroxylation sites is 3. The van der Waals surface area contributed by atoms with Crippen molar-refractivity contribution in [2.24, 2.45) is 0 Å². The number of aromatic nitrogens is 2. The highest BCUT2D eigenvalue weighted by Gasteiger charge is 2.36. The van der Waals surface area contributed by atoms with Crippen LogP contribution in [0.3, 0.4) is 0 Å². The SMILES string of the molecule is CC1(C)c2cc(-c3ccc4c(c3)c3ccccc3n4-c3ccc(-c4ccccc4)cc3)ccc2-c2cc3c4ccccc4n(-c4ccccc4)c3cc21. The molecule has 1 aliphatic rings. The summed E-state index contributed by atoms with van der Waals surface area (Å²) >= 11 is 0. The van der Waals surface area contributed by atoms with Crippen LogP contribution in [0.4, 0.5) is 0 Å². The molecule has 11 rings (SSSR count). The van der Waals surface area contributed by atoms with Gasteiger partial charge in [-0.1, -0.05) is 129 Å². The molecule has 0 aliphatic heterocycles. The lowest BCUT2D eigenvalue weighted by molar-refractivity contribution is 0.661. The molecule has 0 saturated heterocycles. The van der Waals surface area contributed by atoms with E-state index in [0.29, 0.717) is 0 Å². The Balaban J connectivity index is 1.03. The van der Waals surface area contributed by atoms with E-state index >= 15 is 0 Å². The molecule has 8 aromatic carbocycles. The van der Waals surface area contributed by atoms with Gasteiger partial charge in [-0.25, -0.2) is 0 Å². The molecule has 0 N–H and O–H groups in total. The molecular formula is C51H36N2. The van der Waals surface area contributed by atoms with Gasteiger partial charge in [0.1, 0.15) is 0 Å². The van der Waals surface area contributed by atoms with Gasteiger partial charge in [0.25, 0.3) is 0 Å². The van der Waals surface area contributed by atoms with Crippen molar-refractivity contribution in [1.82, 2.24) is 9.13 Å². The maximum absolute atomic E-state index is 2.46. The third kappa shape index (κ3) is 4.39. The first-order valence-electron chi connectivity index (χ1n) is 18.5. The van der Waals surface area contributed by atoms with Crippen molar-refractivity contribution in [2.45, 2.75) is 19.3 Å². The minimum Gasteiger partial charge on any atom is -0.309 e. The van der Waals surface area contributed by atoms with Gasteiger partial charge in [0.15, 0.2) is 0 Å². The largest absolute Gasteiger partial charge is 0.309 e. The zero-order valence-corrected chi connectivity index (χ0v) is 29.7. The first kappa shape index (κ1) is 30.0. The van der Waals surface area contributed by atoms with E-state index in [2.05, 4.69) is 205 Å². The molecule has 0 spiro atoms. The van der Waals surface area contributed by atoms with Crippen LogP contribution < -0.4 is 0 Å². The van der Waals surface area contributed by atoms with Crippen LogP contribution in [0.2, 0.25) is 0 Å². The highest BCUT2D eigenvalue weighted by molar-refractivity contribution is 6.12. The number of benzene rings is 8. The van der Waals surface area contributed by atoms with Crippen LogP contribution in [0.5, 0.6) is 0 Å². The molecule has 2 heterocycles. The fraction of sp³-hybridized carbons (Fsp3) is 0.0588. The molecule has 0 fully saturated rings. The number of nitrogens with zero attached hydrogens (tertiary/aromatic N) is 2. The van der Waals surface area contributed by atoms with E-state index in [1.54, 1.807) is 0 Å². The lowest BCUT2D eigenvalue weighted by Gasteiger charge is -2.22. The first-order chi connectivity index (χ1) is 26.0. The van der Waals surface area contributed by atoms with Crippen molar-refractivity contribution in [1.29, 1.82) is 0 Å². The van der Waals surface area contributed by atoms with Gasteiger partial charge in [-0.15, -0.1) is 0 Å². The second-order valence-electron chi connectivity index (χ2n) is 15.0. The summed E-state index contributed by atoms with van der Waals surface area (Å²) in [4.78, 5) is 0. The predicted molar refractivity (Wildman–Crippen MR) is 224 cm³/mol. The molecule has 2 aromatic heterocycles. The van der Waals surface area contributed by atoms with Crippen LogP contribution >= 0.6 is 0 Å². The number of hydrogen-bond donors (Lipinski definition) is 0. The molecule has 0 unspecified atom stereocenters. The normalized spacial score (nSPS) is 13.2. The van der Waals surface area contributed by atoms with Gasteiger partial charge in [0.05, 0.1) is 22.1 Å². The van der Waals surface area contributed by atoms with Crippen LogP contribution in [0.15, 0.2) is 182 Å². The van der Waals surface area contributed by atoms with Gasteiger partial charge < -0.3 is 9.13 Å². The minimum atomic E-state index is -0.154. The Labute approximate surface area is 308 Å². The van der Waals surface area contributed by atoms with Crippen molar-refractivity contribution < 1.29 is 0 Å². The molecule has 53 heavy (non-hydrogen) atoms. The van der Waals surface area contributed by atoms with Crippen molar-refractivity contribution in [3.63, 3.8) is 0 Å². The summed E-state index contributed by atoms with van der Waals surface area (Å²) in [6.45, 7) is 4.78. The summed E-state index contributed by atoms with van der Waals surface area (Å²) in [6.07, 6.45) is 0. The molecule has 0 bridgehead atoms. The van der Waals surface area contributed by atoms with Crippen LogP contribution in [-0.2, 0) is 5.41 Å². The summed E-state index contributed by atoms with van der Waals surface area (Å²) in [6, 6.07) is 67.0. The molecule has 0 amide bonds. The molecule has 250 valence electrons. The van der Waals surface area contributed by atoms with Gasteiger partial charge in [0.2, 0.25) is 0 Å². The molecule has 10 aromatic rings. The number of hydrogen-bond acceptors (Lipinski definition) is 0. The van der Waals surface area contributed by atoms with E-state index in [1.807, 2.05) is 0 Å². The summed E-state index contributed by atoms with van der Waals surface area (Å²) in [5, 5.41) is 5.12. The highest BCUT2D eigenvalue weighted by Crippen LogP contribution is 2.52. The second-order valence-corrected chi connectivity index (χ2v) is 15.0. The second kappa shape index (κ2) is 11.2. The Hall–Kier alpha value is -6.64. The van der Waals surface area contributed by atoms with Gasteiger partial charge >= 0.3 is 0 Å². The average molecular weight is 677 g/mol. The molecule has 2 heteroatoms. The fourth-order valence-corrected chi connectivity index (χ4v) is 9.10. The average Bonchev–Trinajstić information content (AvgIpc) is 3.80. The standard InChI is InChI=1S/C51H36N2/c1-51(2)45-30-36(23-27-39(45)42-31-44-41-18-10-12-20-48(41)53(50(44)32-46(42)51)37-15-7-4-8-16-37)35-24-28-49-43(29-35)40-17-9-11-19-47(40)52(49)38-25-21-34(22-26-38)33-13-5-3-6-14-33/h3-32H,1-2H3. The van der Waals surface area contributed by atoms with Gasteiger partial charge in [-0.3, -0.25) is 0 Å². The monoisotopic (exact) mass is 676 g/mol. The van der Waals surface area contributed by atoms with E-state index in [-0.39, 0.29) is 5.41 Å². The smallest absolute Gasteiger partial charge is 0.0544 e. The van der Waals surface area contributed by atoms with Crippen molar-refractivity contribution in [2.75, 3.05) is 0 Å². The molecular weight excluding hydrogens is 641 g/mol. The van der Waals surface area contributed by atoms with E-state index in [0.717, 1.165) is 0 Å². The molecule has 0 saturated carbocycles. The Bertz CT molecular complexity index is 3050. The summed E-state index contributed by atoms with van der Waals surface area (Å²) < 4.78 is 4.83. The maximum atomic E-state index is 2.46. The molecule has 0 atom stereocenters. The summed E-state index contributed by atoms with van der Waals surface area (Å²) in [5.74, 6) is 0. The van der Waals surface area contributed by atoms with E-state index in [1.165, 1.54) is 99.5 Å². The third-order valence-electron chi connectivity index (χ3n) is 11.7. The fourth-order valence-electron chi connectivity index (χ4n) is 9.10. The topological polar surface area (TPSA) is 9.86 Å². The highest BCUT2D eigenvalue weighted by atomic mass is 15.0. The number of fused-ring (bicyclic) bond motifs is 9. The van der Waals surface area contributed by atoms with Crippen molar-refractivity contribution >= 4 is 43.6 Å². The Kier molecular flexibility index (Phi) is 6.33. The summed E-state index contributed by atoms with van der Waals surface area (Å²) in [7, 11) is 0. The zero-order valence-electron chi connectivity index (χ0n) is 29.7. The Morgan fingerprint density at radius 1 is 0.321 bits per heavy atom. The minimum absolute atomic E-state index is 0.154. The predicted octanol–water partition coefficient (Wildman–Crippen LogP) is 13.5. The first-order valence-corrected chi connectivity index (χ1v) is 18.5. The van der Waals surface area contributed by atoms with Crippen LogP contribution in [0.1, 0.15) is 25.0 Å². The zero-order chi connectivity index (χ0) is 35.3. The van der Waals surface area contributed by atoms with Gasteiger partial charge in [-0.2, -0.15) is 0 Å². The lowest BCUT2D eigenvalue weighted by Crippen LogP contribution is -2.15. The molecule has 0 radical (unpaired) electrons. The quantitative estimate of drug-likeness (QED) is 0.176. The van der Waals surface area contributed by atoms with Crippen molar-refractivity contribution in [3.05, 3.63) is 193 Å². The van der Waals surface area contributed by atoms with Crippen LogP contribution in [0.25, 0.3) is 88.4 Å². The van der Waals surface area contributed by atoms with Gasteiger partial charge in [0, 0.05) is 38.3 Å². The third-order valence-corrected chi connectivity index (χ3v) is 11.7. The Morgan fingerprint density at radius 2 is 0.811 bits per heavy atom.